The molecule has 0 bridgehead atoms. The number of anilines is 1. The summed E-state index contributed by atoms with van der Waals surface area (Å²) >= 11 is 9.20. The molecule has 102 valence electrons. The van der Waals surface area contributed by atoms with Crippen molar-refractivity contribution in [2.45, 2.75) is 0 Å². The van der Waals surface area contributed by atoms with Crippen molar-refractivity contribution in [1.29, 1.82) is 0 Å². The molecule has 0 aliphatic heterocycles. The van der Waals surface area contributed by atoms with Crippen LogP contribution in [-0.4, -0.2) is 17.9 Å². The van der Waals surface area contributed by atoms with Crippen LogP contribution >= 0.6 is 27.5 Å². The second-order valence-corrected chi connectivity index (χ2v) is 5.47. The van der Waals surface area contributed by atoms with Gasteiger partial charge in [0.05, 0.1) is 0 Å². The summed E-state index contributed by atoms with van der Waals surface area (Å²) in [5.41, 5.74) is 0.878. The van der Waals surface area contributed by atoms with Crippen molar-refractivity contribution in [3.05, 3.63) is 63.7 Å². The Morgan fingerprint density at radius 3 is 2.80 bits per heavy atom. The summed E-state index contributed by atoms with van der Waals surface area (Å²) in [5.74, 6) is 0.439. The summed E-state index contributed by atoms with van der Waals surface area (Å²) < 4.78 is 0.872. The normalized spacial score (nSPS) is 10.8. The largest absolute Gasteiger partial charge is 0.296 e. The van der Waals surface area contributed by atoms with E-state index in [1.54, 1.807) is 37.5 Å². The fourth-order valence-electron chi connectivity index (χ4n) is 1.57. The Kier molecular flexibility index (Phi) is 4.93. The van der Waals surface area contributed by atoms with Gasteiger partial charge in [0.25, 0.3) is 5.91 Å². The predicted octanol–water partition coefficient (Wildman–Crippen LogP) is 4.17. The molecule has 2 aromatic rings. The molecule has 1 aromatic heterocycles. The summed E-state index contributed by atoms with van der Waals surface area (Å²) in [6, 6.07) is 10.9. The predicted molar refractivity (Wildman–Crippen MR) is 85.8 cm³/mol. The molecule has 3 nitrogen and oxygen atoms in total. The van der Waals surface area contributed by atoms with Crippen LogP contribution in [0.5, 0.6) is 0 Å². The number of carbonyl (C=O) groups excluding carboxylic acids is 1. The molecule has 0 radical (unpaired) electrons. The number of hydrogen-bond donors (Lipinski definition) is 0. The molecule has 1 amide bonds. The Morgan fingerprint density at radius 1 is 1.35 bits per heavy atom. The first-order valence-electron chi connectivity index (χ1n) is 5.89. The van der Waals surface area contributed by atoms with Crippen LogP contribution in [-0.2, 0) is 4.79 Å². The van der Waals surface area contributed by atoms with Crippen LogP contribution in [0.1, 0.15) is 5.56 Å². The van der Waals surface area contributed by atoms with Crippen LogP contribution in [0.4, 0.5) is 5.82 Å². The zero-order valence-corrected chi connectivity index (χ0v) is 13.1. The van der Waals surface area contributed by atoms with Gasteiger partial charge < -0.3 is 0 Å². The van der Waals surface area contributed by atoms with Crippen molar-refractivity contribution >= 4 is 45.3 Å². The van der Waals surface area contributed by atoms with Gasteiger partial charge in [-0.1, -0.05) is 23.7 Å². The third-order valence-electron chi connectivity index (χ3n) is 2.65. The molecule has 0 aliphatic rings. The third kappa shape index (κ3) is 3.92. The second-order valence-electron chi connectivity index (χ2n) is 4.12. The summed E-state index contributed by atoms with van der Waals surface area (Å²) in [5, 5.41) is 0.641. The van der Waals surface area contributed by atoms with Gasteiger partial charge in [-0.05, 0) is 51.8 Å². The third-order valence-corrected chi connectivity index (χ3v) is 3.36. The van der Waals surface area contributed by atoms with Crippen molar-refractivity contribution in [1.82, 2.24) is 4.98 Å². The number of benzene rings is 1. The lowest BCUT2D eigenvalue weighted by Crippen LogP contribution is -2.24. The van der Waals surface area contributed by atoms with E-state index in [0.29, 0.717) is 10.8 Å². The van der Waals surface area contributed by atoms with E-state index in [-0.39, 0.29) is 5.91 Å². The van der Waals surface area contributed by atoms with Crippen molar-refractivity contribution in [3.8, 4) is 0 Å². The number of carbonyl (C=O) groups is 1. The number of nitrogens with zero attached hydrogens (tertiary/aromatic N) is 2. The van der Waals surface area contributed by atoms with Gasteiger partial charge in [0.1, 0.15) is 5.82 Å². The van der Waals surface area contributed by atoms with Crippen LogP contribution in [0.3, 0.4) is 0 Å². The van der Waals surface area contributed by atoms with Gasteiger partial charge >= 0.3 is 0 Å². The maximum Gasteiger partial charge on any atom is 0.251 e. The van der Waals surface area contributed by atoms with E-state index in [9.17, 15) is 4.79 Å². The SMILES string of the molecule is CN(C(=O)C=Cc1cccc(Cl)c1)c1ccc(Br)cn1. The number of amides is 1. The molecule has 0 fully saturated rings. The summed E-state index contributed by atoms with van der Waals surface area (Å²) in [6.45, 7) is 0. The average molecular weight is 352 g/mol. The Balaban J connectivity index is 2.09. The van der Waals surface area contributed by atoms with Crippen molar-refractivity contribution in [2.24, 2.45) is 0 Å². The number of likely N-dealkylation sites (N-methyl/N-ethyl adjacent to an activating group) is 1. The van der Waals surface area contributed by atoms with Gasteiger partial charge in [-0.25, -0.2) is 4.98 Å². The number of hydrogen-bond acceptors (Lipinski definition) is 2. The molecule has 0 atom stereocenters. The smallest absolute Gasteiger partial charge is 0.251 e. The minimum absolute atomic E-state index is 0.153. The maximum atomic E-state index is 12.0. The van der Waals surface area contributed by atoms with Gasteiger partial charge in [-0.2, -0.15) is 0 Å². The molecule has 20 heavy (non-hydrogen) atoms. The number of rotatable bonds is 3. The molecular formula is C15H12BrClN2O. The Bertz CT molecular complexity index is 641. The van der Waals surface area contributed by atoms with Gasteiger partial charge in [0.2, 0.25) is 0 Å². The number of aromatic nitrogens is 1. The Hall–Kier alpha value is -1.65. The molecule has 0 aliphatic carbocycles. The molecular weight excluding hydrogens is 340 g/mol. The standard InChI is InChI=1S/C15H12BrClN2O/c1-19(14-7-6-12(16)10-18-14)15(20)8-5-11-3-2-4-13(17)9-11/h2-10H,1H3. The van der Waals surface area contributed by atoms with Crippen molar-refractivity contribution in [2.75, 3.05) is 11.9 Å². The van der Waals surface area contributed by atoms with E-state index in [1.807, 2.05) is 18.2 Å². The van der Waals surface area contributed by atoms with E-state index in [4.69, 9.17) is 11.6 Å². The molecule has 0 saturated carbocycles. The van der Waals surface area contributed by atoms with Crippen LogP contribution < -0.4 is 4.90 Å². The van der Waals surface area contributed by atoms with E-state index >= 15 is 0 Å². The molecule has 0 unspecified atom stereocenters. The van der Waals surface area contributed by atoms with Crippen molar-refractivity contribution < 1.29 is 4.79 Å². The molecule has 0 N–H and O–H groups in total. The maximum absolute atomic E-state index is 12.0. The number of pyridine rings is 1. The fraction of sp³-hybridized carbons (Fsp3) is 0.0667. The lowest BCUT2D eigenvalue weighted by atomic mass is 10.2. The lowest BCUT2D eigenvalue weighted by molar-refractivity contribution is -0.113. The highest BCUT2D eigenvalue weighted by Gasteiger charge is 2.08. The van der Waals surface area contributed by atoms with Gasteiger partial charge in [0, 0.05) is 28.8 Å². The van der Waals surface area contributed by atoms with Crippen LogP contribution in [0.2, 0.25) is 5.02 Å². The molecule has 1 aromatic carbocycles. The van der Waals surface area contributed by atoms with Gasteiger partial charge in [-0.15, -0.1) is 0 Å². The lowest BCUT2D eigenvalue weighted by Gasteiger charge is -2.13. The number of halogens is 2. The van der Waals surface area contributed by atoms with E-state index in [0.717, 1.165) is 10.0 Å². The zero-order valence-electron chi connectivity index (χ0n) is 10.8. The summed E-state index contributed by atoms with van der Waals surface area (Å²) in [4.78, 5) is 17.7. The van der Waals surface area contributed by atoms with E-state index < -0.39 is 0 Å². The van der Waals surface area contributed by atoms with E-state index in [2.05, 4.69) is 20.9 Å². The van der Waals surface area contributed by atoms with Crippen LogP contribution in [0.15, 0.2) is 53.1 Å². The topological polar surface area (TPSA) is 33.2 Å². The summed E-state index contributed by atoms with van der Waals surface area (Å²) in [6.07, 6.45) is 4.87. The first kappa shape index (κ1) is 14.8. The second kappa shape index (κ2) is 6.68. The minimum Gasteiger partial charge on any atom is -0.296 e. The molecule has 2 rings (SSSR count). The molecule has 1 heterocycles. The zero-order chi connectivity index (χ0) is 14.5. The molecule has 0 spiro atoms. The fourth-order valence-corrected chi connectivity index (χ4v) is 2.00. The first-order valence-corrected chi connectivity index (χ1v) is 7.06. The monoisotopic (exact) mass is 350 g/mol. The first-order chi connectivity index (χ1) is 9.56. The van der Waals surface area contributed by atoms with Gasteiger partial charge in [0.15, 0.2) is 0 Å². The molecule has 0 saturated heterocycles. The molecule has 5 heteroatoms. The Labute approximate surface area is 131 Å². The highest BCUT2D eigenvalue weighted by atomic mass is 79.9. The Morgan fingerprint density at radius 2 is 2.15 bits per heavy atom. The van der Waals surface area contributed by atoms with Crippen LogP contribution in [0, 0.1) is 0 Å². The highest BCUT2D eigenvalue weighted by Crippen LogP contribution is 2.15. The van der Waals surface area contributed by atoms with Crippen LogP contribution in [0.25, 0.3) is 6.08 Å². The van der Waals surface area contributed by atoms with Crippen molar-refractivity contribution in [3.63, 3.8) is 0 Å². The highest BCUT2D eigenvalue weighted by molar-refractivity contribution is 9.10. The van der Waals surface area contributed by atoms with E-state index in [1.165, 1.54) is 11.0 Å². The quantitative estimate of drug-likeness (QED) is 0.777. The summed E-state index contributed by atoms with van der Waals surface area (Å²) in [7, 11) is 1.68. The minimum atomic E-state index is -0.153. The average Bonchev–Trinajstić information content (AvgIpc) is 2.45. The van der Waals surface area contributed by atoms with Gasteiger partial charge in [-0.3, -0.25) is 9.69 Å².